The Morgan fingerprint density at radius 3 is 2.55 bits per heavy atom. The van der Waals surface area contributed by atoms with Gasteiger partial charge in [-0.2, -0.15) is 0 Å². The molecule has 0 aromatic heterocycles. The largest absolute Gasteiger partial charge is 0.444 e. The molecule has 0 radical (unpaired) electrons. The molecule has 3 aliphatic rings. The minimum atomic E-state index is -0.655. The van der Waals surface area contributed by atoms with Crippen molar-refractivity contribution in [3.63, 3.8) is 0 Å². The van der Waals surface area contributed by atoms with E-state index in [9.17, 15) is 9.90 Å². The van der Waals surface area contributed by atoms with Crippen LogP contribution in [0.2, 0.25) is 0 Å². The van der Waals surface area contributed by atoms with Gasteiger partial charge < -0.3 is 24.2 Å². The Morgan fingerprint density at radius 2 is 1.90 bits per heavy atom. The number of amides is 1. The maximum Gasteiger partial charge on any atom is 0.410 e. The summed E-state index contributed by atoms with van der Waals surface area (Å²) in [5.74, 6) is -0.304. The van der Waals surface area contributed by atoms with Gasteiger partial charge in [-0.05, 0) is 45.1 Å². The molecule has 6 heteroatoms. The van der Waals surface area contributed by atoms with Crippen LogP contribution in [-0.4, -0.2) is 53.8 Å². The molecule has 2 aliphatic heterocycles. The van der Waals surface area contributed by atoms with Crippen LogP contribution in [0.15, 0.2) is 30.3 Å². The molecule has 1 aromatic carbocycles. The van der Waals surface area contributed by atoms with E-state index < -0.39 is 22.9 Å². The second kappa shape index (κ2) is 7.56. The number of benzene rings is 1. The number of piperidine rings is 1. The molecule has 1 aliphatic carbocycles. The van der Waals surface area contributed by atoms with Crippen LogP contribution in [0.4, 0.5) is 4.79 Å². The van der Waals surface area contributed by atoms with Gasteiger partial charge in [0.1, 0.15) is 5.60 Å². The molecule has 1 N–H and O–H groups in total. The second-order valence-corrected chi connectivity index (χ2v) is 9.75. The number of nitrogens with zero attached hydrogens (tertiary/aromatic N) is 1. The molecular formula is C23H33NO5. The lowest BCUT2D eigenvalue weighted by Gasteiger charge is -2.56. The maximum atomic E-state index is 12.8. The van der Waals surface area contributed by atoms with Crippen molar-refractivity contribution >= 4 is 6.09 Å². The predicted molar refractivity (Wildman–Crippen MR) is 108 cm³/mol. The lowest BCUT2D eigenvalue weighted by atomic mass is 9.57. The third-order valence-corrected chi connectivity index (χ3v) is 6.70. The molecule has 1 spiro atoms. The van der Waals surface area contributed by atoms with Gasteiger partial charge in [0.25, 0.3) is 0 Å². The highest BCUT2D eigenvalue weighted by Gasteiger charge is 2.57. The smallest absolute Gasteiger partial charge is 0.410 e. The van der Waals surface area contributed by atoms with Crippen molar-refractivity contribution in [3.8, 4) is 0 Å². The Hall–Kier alpha value is -1.63. The minimum Gasteiger partial charge on any atom is -0.444 e. The first-order valence-electron chi connectivity index (χ1n) is 10.7. The number of carbonyl (C=O) groups is 1. The summed E-state index contributed by atoms with van der Waals surface area (Å²) in [5, 5.41) is 11.5. The third-order valence-electron chi connectivity index (χ3n) is 6.70. The van der Waals surface area contributed by atoms with Crippen molar-refractivity contribution in [1.82, 2.24) is 4.90 Å². The first-order valence-corrected chi connectivity index (χ1v) is 10.7. The summed E-state index contributed by atoms with van der Waals surface area (Å²) >= 11 is 0. The molecule has 29 heavy (non-hydrogen) atoms. The fourth-order valence-corrected chi connectivity index (χ4v) is 5.31. The maximum absolute atomic E-state index is 12.8. The fourth-order valence-electron chi connectivity index (χ4n) is 5.31. The van der Waals surface area contributed by atoms with Gasteiger partial charge in [-0.1, -0.05) is 30.3 Å². The van der Waals surface area contributed by atoms with E-state index in [0.29, 0.717) is 26.3 Å². The Morgan fingerprint density at radius 1 is 1.21 bits per heavy atom. The van der Waals surface area contributed by atoms with Crippen molar-refractivity contribution in [2.75, 3.05) is 26.3 Å². The summed E-state index contributed by atoms with van der Waals surface area (Å²) in [7, 11) is 0. The molecule has 1 amide bonds. The minimum absolute atomic E-state index is 0.211. The van der Waals surface area contributed by atoms with Gasteiger partial charge >= 0.3 is 6.09 Å². The van der Waals surface area contributed by atoms with E-state index in [0.717, 1.165) is 31.2 Å². The summed E-state index contributed by atoms with van der Waals surface area (Å²) in [6.45, 7) is 8.01. The Balaban J connectivity index is 1.62. The van der Waals surface area contributed by atoms with E-state index in [1.54, 1.807) is 4.90 Å². The summed E-state index contributed by atoms with van der Waals surface area (Å²) in [5.41, 5.74) is -0.0778. The van der Waals surface area contributed by atoms with Gasteiger partial charge in [0.05, 0.1) is 19.3 Å². The SMILES string of the molecule is CC(C)(C)OC(=O)N1CC[C@H]2CC3(CC[C@]2(C(O)c2ccccc2)C1)OCCO3. The summed E-state index contributed by atoms with van der Waals surface area (Å²) in [6.07, 6.45) is 2.08. The number of hydrogen-bond acceptors (Lipinski definition) is 5. The van der Waals surface area contributed by atoms with Crippen molar-refractivity contribution in [2.24, 2.45) is 11.3 Å². The van der Waals surface area contributed by atoms with Crippen molar-refractivity contribution < 1.29 is 24.1 Å². The van der Waals surface area contributed by atoms with Crippen LogP contribution < -0.4 is 0 Å². The molecular weight excluding hydrogens is 370 g/mol. The van der Waals surface area contributed by atoms with Crippen LogP contribution in [0.1, 0.15) is 58.1 Å². The monoisotopic (exact) mass is 403 g/mol. The van der Waals surface area contributed by atoms with Crippen molar-refractivity contribution in [1.29, 1.82) is 0 Å². The Labute approximate surface area is 173 Å². The predicted octanol–water partition coefficient (Wildman–Crippen LogP) is 3.89. The standard InChI is InChI=1S/C23H33NO5/c1-21(2,3)29-20(26)24-12-9-18-15-23(27-13-14-28-23)11-10-22(18,16-24)19(25)17-7-5-4-6-8-17/h4-8,18-19,25H,9-16H2,1-3H3/t18-,19?,22-/m0/s1. The van der Waals surface area contributed by atoms with E-state index in [2.05, 4.69) is 0 Å². The lowest BCUT2D eigenvalue weighted by molar-refractivity contribution is -0.230. The fraction of sp³-hybridized carbons (Fsp3) is 0.696. The number of fused-ring (bicyclic) bond motifs is 1. The van der Waals surface area contributed by atoms with Gasteiger partial charge in [0, 0.05) is 31.3 Å². The highest BCUT2D eigenvalue weighted by atomic mass is 16.7. The number of aliphatic hydroxyl groups excluding tert-OH is 1. The van der Waals surface area contributed by atoms with Gasteiger partial charge in [-0.25, -0.2) is 4.79 Å². The summed E-state index contributed by atoms with van der Waals surface area (Å²) < 4.78 is 17.6. The molecule has 1 unspecified atom stereocenters. The second-order valence-electron chi connectivity index (χ2n) is 9.75. The molecule has 0 bridgehead atoms. The van der Waals surface area contributed by atoms with Gasteiger partial charge in [-0.15, -0.1) is 0 Å². The average Bonchev–Trinajstić information content (AvgIpc) is 3.14. The number of ether oxygens (including phenoxy) is 3. The molecule has 2 saturated heterocycles. The van der Waals surface area contributed by atoms with Crippen LogP contribution in [0.3, 0.4) is 0 Å². The highest BCUT2D eigenvalue weighted by molar-refractivity contribution is 5.68. The van der Waals surface area contributed by atoms with Crippen molar-refractivity contribution in [3.05, 3.63) is 35.9 Å². The van der Waals surface area contributed by atoms with Crippen LogP contribution >= 0.6 is 0 Å². The third kappa shape index (κ3) is 4.03. The van der Waals surface area contributed by atoms with E-state index in [1.807, 2.05) is 51.1 Å². The lowest BCUT2D eigenvalue weighted by Crippen LogP contribution is -2.59. The van der Waals surface area contributed by atoms with Crippen LogP contribution in [0.25, 0.3) is 0 Å². The molecule has 1 aromatic rings. The van der Waals surface area contributed by atoms with Crippen LogP contribution in [0, 0.1) is 11.3 Å². The van der Waals surface area contributed by atoms with E-state index in [1.165, 1.54) is 0 Å². The van der Waals surface area contributed by atoms with E-state index in [4.69, 9.17) is 14.2 Å². The zero-order valence-electron chi connectivity index (χ0n) is 17.7. The Bertz CT molecular complexity index is 725. The molecule has 160 valence electrons. The van der Waals surface area contributed by atoms with Gasteiger partial charge in [0.2, 0.25) is 0 Å². The zero-order valence-corrected chi connectivity index (χ0v) is 17.7. The molecule has 6 nitrogen and oxygen atoms in total. The highest BCUT2D eigenvalue weighted by Crippen LogP contribution is 2.57. The molecule has 4 rings (SSSR count). The summed E-state index contributed by atoms with van der Waals surface area (Å²) in [4.78, 5) is 14.6. The van der Waals surface area contributed by atoms with Crippen LogP contribution in [-0.2, 0) is 14.2 Å². The number of likely N-dealkylation sites (tertiary alicyclic amines) is 1. The number of rotatable bonds is 2. The number of aliphatic hydroxyl groups is 1. The molecule has 3 fully saturated rings. The van der Waals surface area contributed by atoms with Gasteiger partial charge in [-0.3, -0.25) is 0 Å². The van der Waals surface area contributed by atoms with E-state index >= 15 is 0 Å². The van der Waals surface area contributed by atoms with Gasteiger partial charge in [0.15, 0.2) is 5.79 Å². The zero-order chi connectivity index (χ0) is 20.7. The molecule has 1 saturated carbocycles. The Kier molecular flexibility index (Phi) is 5.38. The van der Waals surface area contributed by atoms with Crippen molar-refractivity contribution in [2.45, 2.75) is 63.9 Å². The first-order chi connectivity index (χ1) is 13.7. The summed E-state index contributed by atoms with van der Waals surface area (Å²) in [6, 6.07) is 9.79. The number of hydrogen-bond donors (Lipinski definition) is 1. The molecule has 3 atom stereocenters. The molecule has 2 heterocycles. The topological polar surface area (TPSA) is 68.2 Å². The normalized spacial score (nSPS) is 30.1. The van der Waals surface area contributed by atoms with Crippen LogP contribution in [0.5, 0.6) is 0 Å². The van der Waals surface area contributed by atoms with E-state index in [-0.39, 0.29) is 12.0 Å². The quantitative estimate of drug-likeness (QED) is 0.811. The first kappa shape index (κ1) is 20.6. The number of carbonyl (C=O) groups excluding carboxylic acids is 1. The average molecular weight is 404 g/mol.